The normalized spacial score (nSPS) is 19.5. The van der Waals surface area contributed by atoms with E-state index in [1.165, 1.54) is 0 Å². The molecule has 0 aliphatic carbocycles. The van der Waals surface area contributed by atoms with E-state index in [2.05, 4.69) is 39.7 Å². The summed E-state index contributed by atoms with van der Waals surface area (Å²) in [4.78, 5) is 16.5. The molecule has 28 heavy (non-hydrogen) atoms. The summed E-state index contributed by atoms with van der Waals surface area (Å²) in [5.41, 5.74) is 14.1. The van der Waals surface area contributed by atoms with Gasteiger partial charge in [0.15, 0.2) is 11.5 Å². The van der Waals surface area contributed by atoms with Crippen LogP contribution in [0.15, 0.2) is 18.2 Å². The molecule has 9 heteroatoms. The zero-order valence-electron chi connectivity index (χ0n) is 16.4. The van der Waals surface area contributed by atoms with Crippen LogP contribution in [-0.4, -0.2) is 46.4 Å². The fourth-order valence-corrected chi connectivity index (χ4v) is 3.21. The highest BCUT2D eigenvalue weighted by Crippen LogP contribution is 2.24. The van der Waals surface area contributed by atoms with Crippen molar-refractivity contribution < 1.29 is 9.53 Å². The zero-order chi connectivity index (χ0) is 20.3. The molecule has 0 saturated carbocycles. The van der Waals surface area contributed by atoms with Gasteiger partial charge in [-0.2, -0.15) is 0 Å². The summed E-state index contributed by atoms with van der Waals surface area (Å²) in [6.45, 7) is 7.31. The number of amides is 1. The van der Waals surface area contributed by atoms with Crippen LogP contribution in [0.4, 0.5) is 17.3 Å². The van der Waals surface area contributed by atoms with Gasteiger partial charge in [0.05, 0.1) is 12.3 Å². The monoisotopic (exact) mass is 385 g/mol. The maximum Gasteiger partial charge on any atom is 0.271 e. The number of hydrogen-bond acceptors (Lipinski definition) is 8. The molecule has 0 radical (unpaired) electrons. The predicted octanol–water partition coefficient (Wildman–Crippen LogP) is 1.67. The molecule has 2 atom stereocenters. The first kappa shape index (κ1) is 20.0. The largest absolute Gasteiger partial charge is 0.380 e. The number of nitrogens with two attached hydrogens (primary N) is 2. The second-order valence-electron chi connectivity index (χ2n) is 7.31. The summed E-state index contributed by atoms with van der Waals surface area (Å²) in [5, 5.41) is 14.5. The predicted molar refractivity (Wildman–Crippen MR) is 108 cm³/mol. The van der Waals surface area contributed by atoms with Crippen LogP contribution in [0.3, 0.4) is 0 Å². The molecule has 0 spiro atoms. The fourth-order valence-electron chi connectivity index (χ4n) is 3.21. The Balaban J connectivity index is 1.88. The number of ether oxygens (including phenoxy) is 1. The van der Waals surface area contributed by atoms with E-state index >= 15 is 0 Å². The van der Waals surface area contributed by atoms with Crippen molar-refractivity contribution in [1.29, 1.82) is 0 Å². The van der Waals surface area contributed by atoms with Gasteiger partial charge in [0.25, 0.3) is 5.91 Å². The maximum absolute atomic E-state index is 11.8. The van der Waals surface area contributed by atoms with Gasteiger partial charge in [-0.05, 0) is 30.9 Å². The molecular weight excluding hydrogens is 358 g/mol. The van der Waals surface area contributed by atoms with Crippen molar-refractivity contribution in [3.8, 4) is 0 Å². The third kappa shape index (κ3) is 4.55. The molecule has 3 heterocycles. The van der Waals surface area contributed by atoms with Crippen molar-refractivity contribution in [1.82, 2.24) is 15.2 Å². The third-order valence-corrected chi connectivity index (χ3v) is 4.71. The molecule has 1 amide bonds. The second kappa shape index (κ2) is 8.49. The van der Waals surface area contributed by atoms with Gasteiger partial charge < -0.3 is 26.8 Å². The zero-order valence-corrected chi connectivity index (χ0v) is 16.4. The summed E-state index contributed by atoms with van der Waals surface area (Å²) in [7, 11) is 0. The van der Waals surface area contributed by atoms with E-state index in [0.717, 1.165) is 17.7 Å². The molecule has 9 nitrogen and oxygen atoms in total. The molecule has 1 unspecified atom stereocenters. The van der Waals surface area contributed by atoms with Crippen LogP contribution in [-0.2, 0) is 4.74 Å². The summed E-state index contributed by atoms with van der Waals surface area (Å²) in [5.74, 6) is 0.727. The minimum absolute atomic E-state index is 0.0142. The number of aryl methyl sites for hydroxylation is 1. The first-order valence-corrected chi connectivity index (χ1v) is 9.37. The number of anilines is 3. The van der Waals surface area contributed by atoms with Crippen LogP contribution < -0.4 is 22.1 Å². The van der Waals surface area contributed by atoms with Crippen molar-refractivity contribution in [2.45, 2.75) is 45.2 Å². The van der Waals surface area contributed by atoms with E-state index in [9.17, 15) is 4.79 Å². The SMILES string of the molecule is Cc1ccc(Nc2cc(N[C@@H]3CCOCC3N)nnc2C(N)=O)nc1C(C)C. The van der Waals surface area contributed by atoms with Crippen LogP contribution in [0.25, 0.3) is 0 Å². The summed E-state index contributed by atoms with van der Waals surface area (Å²) < 4.78 is 5.36. The first-order chi connectivity index (χ1) is 13.3. The van der Waals surface area contributed by atoms with Crippen molar-refractivity contribution in [2.24, 2.45) is 11.5 Å². The molecule has 1 aliphatic rings. The molecule has 0 aromatic carbocycles. The quantitative estimate of drug-likeness (QED) is 0.588. The second-order valence-corrected chi connectivity index (χ2v) is 7.31. The molecule has 0 bridgehead atoms. The van der Waals surface area contributed by atoms with Gasteiger partial charge in [0.1, 0.15) is 5.82 Å². The van der Waals surface area contributed by atoms with E-state index in [4.69, 9.17) is 16.2 Å². The number of pyridine rings is 1. The highest BCUT2D eigenvalue weighted by Gasteiger charge is 2.23. The van der Waals surface area contributed by atoms with E-state index in [0.29, 0.717) is 30.5 Å². The van der Waals surface area contributed by atoms with Crippen LogP contribution >= 0.6 is 0 Å². The van der Waals surface area contributed by atoms with Crippen LogP contribution in [0.1, 0.15) is 47.9 Å². The van der Waals surface area contributed by atoms with Crippen LogP contribution in [0.2, 0.25) is 0 Å². The van der Waals surface area contributed by atoms with Gasteiger partial charge in [-0.25, -0.2) is 4.98 Å². The molecule has 2 aromatic rings. The summed E-state index contributed by atoms with van der Waals surface area (Å²) in [6, 6.07) is 5.42. The van der Waals surface area contributed by atoms with Gasteiger partial charge >= 0.3 is 0 Å². The van der Waals surface area contributed by atoms with Gasteiger partial charge in [-0.3, -0.25) is 4.79 Å². The average molecular weight is 385 g/mol. The van der Waals surface area contributed by atoms with Crippen molar-refractivity contribution in [2.75, 3.05) is 23.8 Å². The molecule has 1 saturated heterocycles. The fraction of sp³-hybridized carbons (Fsp3) is 0.474. The Kier molecular flexibility index (Phi) is 6.05. The third-order valence-electron chi connectivity index (χ3n) is 4.71. The van der Waals surface area contributed by atoms with E-state index in [1.54, 1.807) is 6.07 Å². The Hall–Kier alpha value is -2.78. The Morgan fingerprint density at radius 3 is 2.75 bits per heavy atom. The lowest BCUT2D eigenvalue weighted by Crippen LogP contribution is -2.47. The summed E-state index contributed by atoms with van der Waals surface area (Å²) in [6.07, 6.45) is 0.764. The minimum atomic E-state index is -0.666. The molecule has 1 fully saturated rings. The van der Waals surface area contributed by atoms with E-state index in [1.807, 2.05) is 19.1 Å². The summed E-state index contributed by atoms with van der Waals surface area (Å²) >= 11 is 0. The van der Waals surface area contributed by atoms with Gasteiger partial charge in [0.2, 0.25) is 0 Å². The molecule has 3 rings (SSSR count). The smallest absolute Gasteiger partial charge is 0.271 e. The van der Waals surface area contributed by atoms with Crippen LogP contribution in [0.5, 0.6) is 0 Å². The van der Waals surface area contributed by atoms with Gasteiger partial charge in [-0.15, -0.1) is 10.2 Å². The first-order valence-electron chi connectivity index (χ1n) is 9.37. The Morgan fingerprint density at radius 2 is 2.07 bits per heavy atom. The number of carbonyl (C=O) groups is 1. The average Bonchev–Trinajstić information content (AvgIpc) is 2.65. The number of hydrogen-bond donors (Lipinski definition) is 4. The Bertz CT molecular complexity index is 856. The highest BCUT2D eigenvalue weighted by molar-refractivity contribution is 5.97. The van der Waals surface area contributed by atoms with Crippen LogP contribution in [0, 0.1) is 6.92 Å². The lowest BCUT2D eigenvalue weighted by Gasteiger charge is -2.29. The Morgan fingerprint density at radius 1 is 1.29 bits per heavy atom. The van der Waals surface area contributed by atoms with Crippen molar-refractivity contribution >= 4 is 23.2 Å². The van der Waals surface area contributed by atoms with E-state index < -0.39 is 5.91 Å². The minimum Gasteiger partial charge on any atom is -0.380 e. The topological polar surface area (TPSA) is 141 Å². The highest BCUT2D eigenvalue weighted by atomic mass is 16.5. The number of rotatable bonds is 6. The molecule has 150 valence electrons. The van der Waals surface area contributed by atoms with E-state index in [-0.39, 0.29) is 23.7 Å². The number of nitrogens with zero attached hydrogens (tertiary/aromatic N) is 3. The number of primary amides is 1. The standard InChI is InChI=1S/C19H27N7O2/c1-10(2)17-11(3)4-5-15(24-17)23-14-8-16(25-26-18(14)19(21)27)22-13-6-7-28-9-12(13)20/h4-5,8,10,12-13H,6-7,9,20H2,1-3H3,(H2,21,27)(H2,22,23,24,25)/t12?,13-/m1/s1. The number of carbonyl (C=O) groups excluding carboxylic acids is 1. The van der Waals surface area contributed by atoms with Gasteiger partial charge in [-0.1, -0.05) is 19.9 Å². The molecule has 1 aliphatic heterocycles. The molecule has 6 N–H and O–H groups in total. The van der Waals surface area contributed by atoms with Crippen molar-refractivity contribution in [3.05, 3.63) is 35.2 Å². The lowest BCUT2D eigenvalue weighted by atomic mass is 10.0. The Labute approximate surface area is 164 Å². The number of aromatic nitrogens is 3. The molecule has 2 aromatic heterocycles. The maximum atomic E-state index is 11.8. The van der Waals surface area contributed by atoms with Gasteiger partial charge in [0, 0.05) is 30.5 Å². The van der Waals surface area contributed by atoms with Crippen molar-refractivity contribution in [3.63, 3.8) is 0 Å². The number of nitrogens with one attached hydrogen (secondary N) is 2. The lowest BCUT2D eigenvalue weighted by molar-refractivity contribution is 0.0751. The molecular formula is C19H27N7O2.